The highest BCUT2D eigenvalue weighted by Gasteiger charge is 2.29. The number of aryl methyl sites for hydroxylation is 1. The molecule has 8 heteroatoms. The van der Waals surface area contributed by atoms with Crippen molar-refractivity contribution in [1.29, 1.82) is 0 Å². The van der Waals surface area contributed by atoms with Gasteiger partial charge in [-0.2, -0.15) is 0 Å². The van der Waals surface area contributed by atoms with Crippen LogP contribution in [0, 0.1) is 5.92 Å². The van der Waals surface area contributed by atoms with Crippen molar-refractivity contribution in [3.05, 3.63) is 36.7 Å². The Kier molecular flexibility index (Phi) is 5.85. The van der Waals surface area contributed by atoms with Gasteiger partial charge in [-0.25, -0.2) is 15.0 Å². The minimum absolute atomic E-state index is 0.112. The molecule has 0 spiro atoms. The lowest BCUT2D eigenvalue weighted by atomic mass is 9.95. The van der Waals surface area contributed by atoms with Crippen molar-refractivity contribution in [3.63, 3.8) is 0 Å². The second-order valence-corrected chi connectivity index (χ2v) is 7.85. The van der Waals surface area contributed by atoms with Crippen LogP contribution in [0.3, 0.4) is 0 Å². The van der Waals surface area contributed by atoms with E-state index in [1.54, 1.807) is 12.4 Å². The molecule has 4 rings (SSSR count). The van der Waals surface area contributed by atoms with Crippen LogP contribution in [0.5, 0.6) is 0 Å². The minimum Gasteiger partial charge on any atom is -0.351 e. The largest absolute Gasteiger partial charge is 0.351 e. The molecule has 2 saturated heterocycles. The zero-order valence-electron chi connectivity index (χ0n) is 16.5. The van der Waals surface area contributed by atoms with E-state index in [4.69, 9.17) is 0 Å². The molecule has 2 aromatic heterocycles. The van der Waals surface area contributed by atoms with Gasteiger partial charge >= 0.3 is 0 Å². The van der Waals surface area contributed by atoms with E-state index in [9.17, 15) is 4.79 Å². The van der Waals surface area contributed by atoms with Gasteiger partial charge in [-0.3, -0.25) is 9.69 Å². The third-order valence-corrected chi connectivity index (χ3v) is 5.85. The summed E-state index contributed by atoms with van der Waals surface area (Å²) in [7, 11) is 2.02. The lowest BCUT2D eigenvalue weighted by Crippen LogP contribution is -2.50. The normalized spacial score (nSPS) is 21.6. The molecular formula is C20H29N7O. The van der Waals surface area contributed by atoms with E-state index in [-0.39, 0.29) is 17.9 Å². The number of amides is 1. The highest BCUT2D eigenvalue weighted by molar-refractivity contribution is 5.79. The average Bonchev–Trinajstić information content (AvgIpc) is 3.14. The number of carbonyl (C=O) groups is 1. The van der Waals surface area contributed by atoms with Crippen LogP contribution in [0.2, 0.25) is 0 Å². The highest BCUT2D eigenvalue weighted by Crippen LogP contribution is 2.21. The maximum absolute atomic E-state index is 12.8. The monoisotopic (exact) mass is 383 g/mol. The fraction of sp³-hybridized carbons (Fsp3) is 0.600. The molecule has 0 bridgehead atoms. The summed E-state index contributed by atoms with van der Waals surface area (Å²) in [4.78, 5) is 30.4. The summed E-state index contributed by atoms with van der Waals surface area (Å²) in [5.74, 6) is 2.15. The molecule has 4 heterocycles. The average molecular weight is 384 g/mol. The predicted octanol–water partition coefficient (Wildman–Crippen LogP) is 1.21. The third-order valence-electron chi connectivity index (χ3n) is 5.85. The molecule has 1 N–H and O–H groups in total. The second kappa shape index (κ2) is 8.68. The van der Waals surface area contributed by atoms with Crippen molar-refractivity contribution in [2.24, 2.45) is 13.0 Å². The topological polar surface area (TPSA) is 79.2 Å². The molecular weight excluding hydrogens is 354 g/mol. The van der Waals surface area contributed by atoms with E-state index in [1.165, 1.54) is 0 Å². The smallest absolute Gasteiger partial charge is 0.225 e. The van der Waals surface area contributed by atoms with Gasteiger partial charge in [-0.1, -0.05) is 0 Å². The molecule has 28 heavy (non-hydrogen) atoms. The minimum atomic E-state index is 0.112. The molecule has 2 aromatic rings. The van der Waals surface area contributed by atoms with Crippen molar-refractivity contribution < 1.29 is 4.79 Å². The van der Waals surface area contributed by atoms with Crippen molar-refractivity contribution in [2.45, 2.75) is 38.3 Å². The summed E-state index contributed by atoms with van der Waals surface area (Å²) in [5, 5.41) is 3.29. The lowest BCUT2D eigenvalue weighted by molar-refractivity contribution is -0.127. The first kappa shape index (κ1) is 18.9. The Labute approximate surface area is 166 Å². The second-order valence-electron chi connectivity index (χ2n) is 7.85. The Morgan fingerprint density at radius 1 is 1.11 bits per heavy atom. The number of nitrogens with one attached hydrogen (secondary N) is 1. The van der Waals surface area contributed by atoms with Gasteiger partial charge in [0.15, 0.2) is 0 Å². The highest BCUT2D eigenvalue weighted by atomic mass is 16.2. The maximum Gasteiger partial charge on any atom is 0.225 e. The number of hydrogen-bond donors (Lipinski definition) is 1. The third kappa shape index (κ3) is 4.49. The summed E-state index contributed by atoms with van der Waals surface area (Å²) >= 11 is 0. The molecule has 150 valence electrons. The summed E-state index contributed by atoms with van der Waals surface area (Å²) in [5.41, 5.74) is 0. The van der Waals surface area contributed by atoms with Gasteiger partial charge in [0.1, 0.15) is 5.82 Å². The van der Waals surface area contributed by atoms with E-state index in [0.29, 0.717) is 0 Å². The van der Waals surface area contributed by atoms with Gasteiger partial charge in [-0.15, -0.1) is 0 Å². The zero-order valence-corrected chi connectivity index (χ0v) is 16.5. The first-order valence-electron chi connectivity index (χ1n) is 10.2. The Morgan fingerprint density at radius 2 is 1.89 bits per heavy atom. The number of nitrogens with zero attached hydrogens (tertiary/aromatic N) is 6. The van der Waals surface area contributed by atoms with Crippen LogP contribution in [0.4, 0.5) is 5.95 Å². The quantitative estimate of drug-likeness (QED) is 0.836. The molecule has 0 aliphatic carbocycles. The van der Waals surface area contributed by atoms with E-state index in [1.807, 2.05) is 25.5 Å². The van der Waals surface area contributed by atoms with E-state index < -0.39 is 0 Å². The first-order chi connectivity index (χ1) is 13.7. The lowest BCUT2D eigenvalue weighted by Gasteiger charge is -2.35. The number of anilines is 1. The number of aromatic nitrogens is 4. The Hall–Kier alpha value is -2.48. The van der Waals surface area contributed by atoms with Gasteiger partial charge in [-0.05, 0) is 44.8 Å². The van der Waals surface area contributed by atoms with Crippen LogP contribution in [0.25, 0.3) is 0 Å². The predicted molar refractivity (Wildman–Crippen MR) is 107 cm³/mol. The number of hydrogen-bond acceptors (Lipinski definition) is 6. The molecule has 8 nitrogen and oxygen atoms in total. The molecule has 1 atom stereocenters. The number of rotatable bonds is 5. The van der Waals surface area contributed by atoms with Gasteiger partial charge in [0, 0.05) is 56.9 Å². The van der Waals surface area contributed by atoms with Gasteiger partial charge in [0.05, 0.1) is 6.54 Å². The SMILES string of the molecule is Cn1ccnc1CN1CCC(C(=O)NC2CCCN(c3ncccn3)C2)CC1. The van der Waals surface area contributed by atoms with Crippen LogP contribution >= 0.6 is 0 Å². The molecule has 1 amide bonds. The van der Waals surface area contributed by atoms with Crippen LogP contribution in [0.1, 0.15) is 31.5 Å². The zero-order chi connectivity index (χ0) is 19.3. The van der Waals surface area contributed by atoms with E-state index in [0.717, 1.165) is 70.2 Å². The maximum atomic E-state index is 12.8. The molecule has 2 aliphatic rings. The number of imidazole rings is 1. The van der Waals surface area contributed by atoms with Crippen molar-refractivity contribution >= 4 is 11.9 Å². The molecule has 1 unspecified atom stereocenters. The van der Waals surface area contributed by atoms with Gasteiger partial charge < -0.3 is 14.8 Å². The van der Waals surface area contributed by atoms with Crippen molar-refractivity contribution in [1.82, 2.24) is 29.7 Å². The van der Waals surface area contributed by atoms with E-state index in [2.05, 4.69) is 34.6 Å². The van der Waals surface area contributed by atoms with Crippen LogP contribution in [-0.2, 0) is 18.4 Å². The van der Waals surface area contributed by atoms with Crippen LogP contribution < -0.4 is 10.2 Å². The van der Waals surface area contributed by atoms with Crippen molar-refractivity contribution in [3.8, 4) is 0 Å². The molecule has 0 radical (unpaired) electrons. The fourth-order valence-corrected chi connectivity index (χ4v) is 4.15. The number of likely N-dealkylation sites (tertiary alicyclic amines) is 1. The summed E-state index contributed by atoms with van der Waals surface area (Å²) in [6.07, 6.45) is 11.2. The first-order valence-corrected chi connectivity index (χ1v) is 10.2. The standard InChI is InChI=1S/C20H29N7O/c1-25-13-9-21-18(25)15-26-11-5-16(6-12-26)19(28)24-17-4-2-10-27(14-17)20-22-7-3-8-23-20/h3,7-9,13,16-17H,2,4-6,10-12,14-15H2,1H3,(H,24,28). The Morgan fingerprint density at radius 3 is 2.61 bits per heavy atom. The van der Waals surface area contributed by atoms with Crippen LogP contribution in [0.15, 0.2) is 30.9 Å². The molecule has 0 aromatic carbocycles. The molecule has 0 saturated carbocycles. The van der Waals surface area contributed by atoms with Gasteiger partial charge in [0.2, 0.25) is 11.9 Å². The summed E-state index contributed by atoms with van der Waals surface area (Å²) in [6.45, 7) is 4.47. The van der Waals surface area contributed by atoms with Crippen molar-refractivity contribution in [2.75, 3.05) is 31.1 Å². The van der Waals surface area contributed by atoms with Gasteiger partial charge in [0.25, 0.3) is 0 Å². The number of carbonyl (C=O) groups excluding carboxylic acids is 1. The summed E-state index contributed by atoms with van der Waals surface area (Å²) < 4.78 is 2.06. The Bertz CT molecular complexity index is 770. The fourth-order valence-electron chi connectivity index (χ4n) is 4.15. The van der Waals surface area contributed by atoms with E-state index >= 15 is 0 Å². The molecule has 2 aliphatic heterocycles. The molecule has 2 fully saturated rings. The summed E-state index contributed by atoms with van der Waals surface area (Å²) in [6, 6.07) is 2.00. The Balaban J connectivity index is 1.25. The number of piperidine rings is 2. The van der Waals surface area contributed by atoms with Crippen LogP contribution in [-0.4, -0.2) is 62.5 Å².